The lowest BCUT2D eigenvalue weighted by Gasteiger charge is -2.05. The first-order chi connectivity index (χ1) is 15.3. The Hall–Kier alpha value is -3.60. The smallest absolute Gasteiger partial charge is 0.416 e. The predicted molar refractivity (Wildman–Crippen MR) is 111 cm³/mol. The number of halogens is 3. The van der Waals surface area contributed by atoms with E-state index in [4.69, 9.17) is 9.26 Å². The maximum absolute atomic E-state index is 12.7. The molecule has 32 heavy (non-hydrogen) atoms. The molecule has 0 fully saturated rings. The Morgan fingerprint density at radius 1 is 1.03 bits per heavy atom. The van der Waals surface area contributed by atoms with Crippen molar-refractivity contribution in [3.05, 3.63) is 76.4 Å². The molecule has 0 bridgehead atoms. The number of hydrogen-bond acceptors (Lipinski definition) is 7. The van der Waals surface area contributed by atoms with Crippen LogP contribution >= 0.6 is 11.8 Å². The van der Waals surface area contributed by atoms with E-state index in [1.165, 1.54) is 30.0 Å². The average molecular weight is 460 g/mol. The van der Waals surface area contributed by atoms with Gasteiger partial charge in [0, 0.05) is 17.2 Å². The van der Waals surface area contributed by atoms with Gasteiger partial charge in [0.15, 0.2) is 5.16 Å². The van der Waals surface area contributed by atoms with Crippen LogP contribution in [0.3, 0.4) is 0 Å². The molecule has 11 heteroatoms. The number of rotatable bonds is 6. The lowest BCUT2D eigenvalue weighted by atomic mass is 10.1. The van der Waals surface area contributed by atoms with Crippen LogP contribution in [-0.2, 0) is 11.9 Å². The molecule has 0 aliphatic heterocycles. The van der Waals surface area contributed by atoms with Crippen LogP contribution in [0.15, 0.2) is 69.1 Å². The minimum atomic E-state index is -4.41. The maximum atomic E-state index is 12.7. The molecule has 4 rings (SSSR count). The SMILES string of the molecule is COc1ccc(-c2cc(=O)[nH]c(SCc3nc(-c4ccc(C(F)(F)F)cc4)no3)n2)cc1. The van der Waals surface area contributed by atoms with Crippen molar-refractivity contribution in [2.75, 3.05) is 7.11 Å². The lowest BCUT2D eigenvalue weighted by molar-refractivity contribution is -0.137. The second kappa shape index (κ2) is 8.87. The van der Waals surface area contributed by atoms with E-state index in [0.29, 0.717) is 22.2 Å². The van der Waals surface area contributed by atoms with E-state index in [-0.39, 0.29) is 23.0 Å². The summed E-state index contributed by atoms with van der Waals surface area (Å²) in [6, 6.07) is 13.0. The van der Waals surface area contributed by atoms with Crippen molar-refractivity contribution in [2.45, 2.75) is 17.1 Å². The van der Waals surface area contributed by atoms with Crippen molar-refractivity contribution in [3.63, 3.8) is 0 Å². The molecule has 0 aliphatic rings. The monoisotopic (exact) mass is 460 g/mol. The molecule has 0 amide bonds. The van der Waals surface area contributed by atoms with E-state index in [2.05, 4.69) is 20.1 Å². The van der Waals surface area contributed by atoms with Gasteiger partial charge in [0.05, 0.1) is 24.1 Å². The summed E-state index contributed by atoms with van der Waals surface area (Å²) in [6.45, 7) is 0. The number of ether oxygens (including phenoxy) is 1. The molecule has 0 saturated carbocycles. The number of alkyl halides is 3. The zero-order valence-electron chi connectivity index (χ0n) is 16.5. The fraction of sp³-hybridized carbons (Fsp3) is 0.143. The van der Waals surface area contributed by atoms with Gasteiger partial charge in [-0.1, -0.05) is 29.1 Å². The second-order valence-electron chi connectivity index (χ2n) is 6.54. The topological polar surface area (TPSA) is 93.9 Å². The Balaban J connectivity index is 1.47. The second-order valence-corrected chi connectivity index (χ2v) is 7.50. The Kier molecular flexibility index (Phi) is 5.99. The van der Waals surface area contributed by atoms with Crippen LogP contribution in [0.2, 0.25) is 0 Å². The molecule has 0 spiro atoms. The van der Waals surface area contributed by atoms with Gasteiger partial charge in [-0.15, -0.1) is 0 Å². The Labute approximate surface area is 183 Å². The number of nitrogens with one attached hydrogen (secondary N) is 1. The number of benzene rings is 2. The molecule has 0 unspecified atom stereocenters. The molecule has 2 aromatic carbocycles. The van der Waals surface area contributed by atoms with Gasteiger partial charge in [-0.2, -0.15) is 18.2 Å². The zero-order chi connectivity index (χ0) is 22.7. The third-order valence-corrected chi connectivity index (χ3v) is 5.23. The fourth-order valence-electron chi connectivity index (χ4n) is 2.78. The molecule has 1 N–H and O–H groups in total. The summed E-state index contributed by atoms with van der Waals surface area (Å²) in [5.41, 5.74) is 0.568. The molecule has 0 radical (unpaired) electrons. The fourth-order valence-corrected chi connectivity index (χ4v) is 3.50. The molecule has 2 heterocycles. The molecule has 0 saturated heterocycles. The van der Waals surface area contributed by atoms with E-state index >= 15 is 0 Å². The van der Waals surface area contributed by atoms with E-state index in [1.54, 1.807) is 31.4 Å². The van der Waals surface area contributed by atoms with Gasteiger partial charge in [0.2, 0.25) is 11.7 Å². The van der Waals surface area contributed by atoms with Gasteiger partial charge in [0.25, 0.3) is 5.56 Å². The highest BCUT2D eigenvalue weighted by atomic mass is 32.2. The van der Waals surface area contributed by atoms with Crippen molar-refractivity contribution in [1.29, 1.82) is 0 Å². The van der Waals surface area contributed by atoms with Gasteiger partial charge >= 0.3 is 6.18 Å². The van der Waals surface area contributed by atoms with Gasteiger partial charge in [-0.3, -0.25) is 4.79 Å². The van der Waals surface area contributed by atoms with E-state index in [1.807, 2.05) is 0 Å². The number of methoxy groups -OCH3 is 1. The first-order valence-corrected chi connectivity index (χ1v) is 10.2. The predicted octanol–water partition coefficient (Wildman–Crippen LogP) is 4.81. The molecule has 0 atom stereocenters. The normalized spacial score (nSPS) is 11.5. The molecule has 0 aliphatic carbocycles. The highest BCUT2D eigenvalue weighted by Crippen LogP contribution is 2.30. The molecule has 4 aromatic rings. The standard InChI is InChI=1S/C21H15F3N4O3S/c1-30-15-8-4-12(5-9-15)16-10-17(29)26-20(25-16)32-11-18-27-19(28-31-18)13-2-6-14(7-3-13)21(22,23)24/h2-10H,11H2,1H3,(H,25,26,29). The Morgan fingerprint density at radius 2 is 1.72 bits per heavy atom. The first kappa shape index (κ1) is 21.6. The Bertz CT molecular complexity index is 1270. The number of aromatic nitrogens is 4. The number of aromatic amines is 1. The van der Waals surface area contributed by atoms with Crippen molar-refractivity contribution < 1.29 is 22.4 Å². The summed E-state index contributed by atoms with van der Waals surface area (Å²) < 4.78 is 48.4. The summed E-state index contributed by atoms with van der Waals surface area (Å²) in [7, 11) is 1.57. The largest absolute Gasteiger partial charge is 0.497 e. The number of nitrogens with zero attached hydrogens (tertiary/aromatic N) is 3. The summed E-state index contributed by atoms with van der Waals surface area (Å²) in [5.74, 6) is 1.31. The number of thioether (sulfide) groups is 1. The van der Waals surface area contributed by atoms with Crippen LogP contribution in [-0.4, -0.2) is 27.2 Å². The van der Waals surface area contributed by atoms with Crippen LogP contribution in [0.4, 0.5) is 13.2 Å². The van der Waals surface area contributed by atoms with Crippen LogP contribution in [0.25, 0.3) is 22.6 Å². The van der Waals surface area contributed by atoms with Gasteiger partial charge < -0.3 is 14.2 Å². The summed E-state index contributed by atoms with van der Waals surface area (Å²) >= 11 is 1.18. The van der Waals surface area contributed by atoms with Crippen molar-refractivity contribution in [1.82, 2.24) is 20.1 Å². The number of H-pyrrole nitrogens is 1. The number of hydrogen-bond donors (Lipinski definition) is 1. The lowest BCUT2D eigenvalue weighted by Crippen LogP contribution is -2.08. The molecule has 7 nitrogen and oxygen atoms in total. The highest BCUT2D eigenvalue weighted by Gasteiger charge is 2.30. The van der Waals surface area contributed by atoms with Gasteiger partial charge in [-0.05, 0) is 36.4 Å². The quantitative estimate of drug-likeness (QED) is 0.326. The highest BCUT2D eigenvalue weighted by molar-refractivity contribution is 7.98. The zero-order valence-corrected chi connectivity index (χ0v) is 17.3. The minimum Gasteiger partial charge on any atom is -0.497 e. The summed E-state index contributed by atoms with van der Waals surface area (Å²) in [5, 5.41) is 4.16. The van der Waals surface area contributed by atoms with Gasteiger partial charge in [0.1, 0.15) is 5.75 Å². The first-order valence-electron chi connectivity index (χ1n) is 9.20. The Morgan fingerprint density at radius 3 is 2.38 bits per heavy atom. The van der Waals surface area contributed by atoms with Crippen molar-refractivity contribution in [2.24, 2.45) is 0 Å². The summed E-state index contributed by atoms with van der Waals surface area (Å²) in [4.78, 5) is 23.3. The summed E-state index contributed by atoms with van der Waals surface area (Å²) in [6.07, 6.45) is -4.41. The maximum Gasteiger partial charge on any atom is 0.416 e. The van der Waals surface area contributed by atoms with E-state index in [9.17, 15) is 18.0 Å². The average Bonchev–Trinajstić information content (AvgIpc) is 3.26. The van der Waals surface area contributed by atoms with Crippen LogP contribution in [0.5, 0.6) is 5.75 Å². The van der Waals surface area contributed by atoms with Crippen LogP contribution in [0, 0.1) is 0 Å². The molecular formula is C21H15F3N4O3S. The minimum absolute atomic E-state index is 0.169. The van der Waals surface area contributed by atoms with Crippen LogP contribution in [0.1, 0.15) is 11.5 Å². The molecular weight excluding hydrogens is 445 g/mol. The third kappa shape index (κ3) is 4.99. The van der Waals surface area contributed by atoms with Crippen molar-refractivity contribution >= 4 is 11.8 Å². The molecule has 164 valence electrons. The van der Waals surface area contributed by atoms with E-state index in [0.717, 1.165) is 17.7 Å². The van der Waals surface area contributed by atoms with E-state index < -0.39 is 11.7 Å². The third-order valence-electron chi connectivity index (χ3n) is 4.38. The van der Waals surface area contributed by atoms with Crippen LogP contribution < -0.4 is 10.3 Å². The van der Waals surface area contributed by atoms with Crippen molar-refractivity contribution in [3.8, 4) is 28.4 Å². The molecule has 2 aromatic heterocycles. The van der Waals surface area contributed by atoms with Gasteiger partial charge in [-0.25, -0.2) is 4.98 Å².